The molecule has 0 aliphatic heterocycles. The van der Waals surface area contributed by atoms with Gasteiger partial charge in [-0.3, -0.25) is 28.8 Å². The summed E-state index contributed by atoms with van der Waals surface area (Å²) in [5, 5.41) is 31.1. The number of nitrogens with one attached hydrogen (secondary N) is 6. The van der Waals surface area contributed by atoms with Crippen LogP contribution in [0.5, 0.6) is 0 Å². The second-order valence-corrected chi connectivity index (χ2v) is 7.45. The van der Waals surface area contributed by atoms with E-state index in [0.29, 0.717) is 0 Å². The lowest BCUT2D eigenvalue weighted by atomic mass is 10.2. The fourth-order valence-corrected chi connectivity index (χ4v) is 2.42. The van der Waals surface area contributed by atoms with Crippen molar-refractivity contribution < 1.29 is 43.8 Å². The van der Waals surface area contributed by atoms with E-state index in [1.54, 1.807) is 0 Å². The molecule has 0 saturated heterocycles. The Labute approximate surface area is 210 Å². The van der Waals surface area contributed by atoms with Gasteiger partial charge in [0.2, 0.25) is 35.4 Å². The van der Waals surface area contributed by atoms with E-state index in [1.807, 2.05) is 0 Å². The molecule has 18 heteroatoms. The van der Waals surface area contributed by atoms with Gasteiger partial charge in [-0.15, -0.1) is 0 Å². The lowest BCUT2D eigenvalue weighted by Crippen LogP contribution is -2.55. The van der Waals surface area contributed by atoms with Gasteiger partial charge in [0, 0.05) is 11.5 Å². The maximum absolute atomic E-state index is 11.9. The third-order valence-corrected chi connectivity index (χ3v) is 4.68. The van der Waals surface area contributed by atoms with Crippen LogP contribution in [0.4, 0.5) is 0 Å². The SMILES string of the molecule is N[C@@H](CS)C(=O)NCC(=O)NCC(=O)NCC(=O)NCC(=O)N[C@@H](CO)C(=O)N[C@@H](CS)C(=O)O. The summed E-state index contributed by atoms with van der Waals surface area (Å²) < 4.78 is 0. The van der Waals surface area contributed by atoms with Gasteiger partial charge in [-0.1, -0.05) is 0 Å². The van der Waals surface area contributed by atoms with Crippen LogP contribution < -0.4 is 37.6 Å². The highest BCUT2D eigenvalue weighted by Gasteiger charge is 2.25. The van der Waals surface area contributed by atoms with Gasteiger partial charge in [0.15, 0.2) is 0 Å². The molecule has 0 saturated carbocycles. The third-order valence-electron chi connectivity index (χ3n) is 3.93. The first-order chi connectivity index (χ1) is 16.4. The molecule has 0 rings (SSSR count). The lowest BCUT2D eigenvalue weighted by Gasteiger charge is -2.19. The number of hydrogen-bond donors (Lipinski definition) is 11. The smallest absolute Gasteiger partial charge is 0.327 e. The summed E-state index contributed by atoms with van der Waals surface area (Å²) in [6, 6.07) is -3.69. The highest BCUT2D eigenvalue weighted by Crippen LogP contribution is 1.92. The van der Waals surface area contributed by atoms with Crippen molar-refractivity contribution in [2.45, 2.75) is 18.1 Å². The first-order valence-corrected chi connectivity index (χ1v) is 11.2. The average Bonchev–Trinajstić information content (AvgIpc) is 2.83. The van der Waals surface area contributed by atoms with Crippen LogP contribution in [0.15, 0.2) is 0 Å². The predicted octanol–water partition coefficient (Wildman–Crippen LogP) is -6.32. The Bertz CT molecular complexity index is 800. The summed E-state index contributed by atoms with van der Waals surface area (Å²) >= 11 is 7.61. The van der Waals surface area contributed by atoms with E-state index in [9.17, 15) is 38.7 Å². The van der Waals surface area contributed by atoms with Crippen molar-refractivity contribution in [3.8, 4) is 0 Å². The molecule has 0 unspecified atom stereocenters. The number of carbonyl (C=O) groups is 7. The number of carboxylic acids is 1. The third kappa shape index (κ3) is 14.0. The zero-order valence-corrected chi connectivity index (χ0v) is 20.2. The van der Waals surface area contributed by atoms with E-state index in [4.69, 9.17) is 10.8 Å². The van der Waals surface area contributed by atoms with Crippen LogP contribution in [0, 0.1) is 0 Å². The maximum Gasteiger partial charge on any atom is 0.327 e. The predicted molar refractivity (Wildman–Crippen MR) is 126 cm³/mol. The Morgan fingerprint density at radius 2 is 1.11 bits per heavy atom. The van der Waals surface area contributed by atoms with E-state index in [-0.39, 0.29) is 11.5 Å². The molecular formula is C17H29N7O9S2. The molecule has 0 bridgehead atoms. The Morgan fingerprint density at radius 3 is 1.51 bits per heavy atom. The van der Waals surface area contributed by atoms with E-state index in [0.717, 1.165) is 0 Å². The molecule has 0 aliphatic rings. The first kappa shape index (κ1) is 31.9. The topological polar surface area (TPSA) is 258 Å². The molecule has 16 nitrogen and oxygen atoms in total. The Hall–Kier alpha value is -3.09. The monoisotopic (exact) mass is 539 g/mol. The molecule has 35 heavy (non-hydrogen) atoms. The van der Waals surface area contributed by atoms with E-state index in [1.165, 1.54) is 0 Å². The van der Waals surface area contributed by atoms with Crippen molar-refractivity contribution >= 4 is 66.7 Å². The summed E-state index contributed by atoms with van der Waals surface area (Å²) in [7, 11) is 0. The molecule has 0 aromatic rings. The number of rotatable bonds is 16. The average molecular weight is 540 g/mol. The highest BCUT2D eigenvalue weighted by atomic mass is 32.1. The molecule has 0 heterocycles. The largest absolute Gasteiger partial charge is 0.480 e. The van der Waals surface area contributed by atoms with E-state index < -0.39 is 92.3 Å². The van der Waals surface area contributed by atoms with Crippen molar-refractivity contribution in [3.05, 3.63) is 0 Å². The summed E-state index contributed by atoms with van der Waals surface area (Å²) in [4.78, 5) is 81.2. The summed E-state index contributed by atoms with van der Waals surface area (Å²) in [6.45, 7) is -2.89. The Balaban J connectivity index is 4.25. The molecule has 0 aromatic carbocycles. The van der Waals surface area contributed by atoms with Gasteiger partial charge >= 0.3 is 5.97 Å². The molecule has 0 aromatic heterocycles. The van der Waals surface area contributed by atoms with Gasteiger partial charge in [0.25, 0.3) is 0 Å². The van der Waals surface area contributed by atoms with Crippen LogP contribution in [0.1, 0.15) is 0 Å². The van der Waals surface area contributed by atoms with Crippen LogP contribution in [-0.2, 0) is 33.6 Å². The molecule has 3 atom stereocenters. The molecule has 0 radical (unpaired) electrons. The highest BCUT2D eigenvalue weighted by molar-refractivity contribution is 7.80. The molecule has 6 amide bonds. The van der Waals surface area contributed by atoms with Crippen molar-refractivity contribution in [1.82, 2.24) is 31.9 Å². The molecular weight excluding hydrogens is 510 g/mol. The number of thiol groups is 2. The van der Waals surface area contributed by atoms with Gasteiger partial charge in [0.1, 0.15) is 12.1 Å². The van der Waals surface area contributed by atoms with Crippen molar-refractivity contribution in [1.29, 1.82) is 0 Å². The van der Waals surface area contributed by atoms with Crippen LogP contribution in [0.2, 0.25) is 0 Å². The zero-order valence-electron chi connectivity index (χ0n) is 18.4. The van der Waals surface area contributed by atoms with Gasteiger partial charge in [-0.05, 0) is 0 Å². The van der Waals surface area contributed by atoms with Crippen LogP contribution >= 0.6 is 25.3 Å². The number of nitrogens with two attached hydrogens (primary N) is 1. The molecule has 0 fully saturated rings. The number of carbonyl (C=O) groups excluding carboxylic acids is 6. The number of aliphatic carboxylic acids is 1. The summed E-state index contributed by atoms with van der Waals surface area (Å²) in [5.74, 6) is -6.10. The fraction of sp³-hybridized carbons (Fsp3) is 0.588. The number of aliphatic hydroxyl groups excluding tert-OH is 1. The second-order valence-electron chi connectivity index (χ2n) is 6.72. The fourth-order valence-electron chi connectivity index (χ4n) is 2.00. The van der Waals surface area contributed by atoms with Crippen LogP contribution in [0.3, 0.4) is 0 Å². The number of carboxylic acid groups (broad SMARTS) is 1. The van der Waals surface area contributed by atoms with Crippen molar-refractivity contribution in [2.24, 2.45) is 5.73 Å². The number of aliphatic hydroxyl groups is 1. The first-order valence-electron chi connectivity index (χ1n) is 9.93. The standard InChI is InChI=1S/C17H29N7O9S2/c18-8(6-34)15(30)22-3-13(28)20-1-11(26)19-2-12(27)21-4-14(29)23-9(5-25)16(31)24-10(7-35)17(32)33/h8-10,25,34-35H,1-7,18H2,(H,19,26)(H,20,28)(H,21,27)(H,22,30)(H,23,29)(H,24,31)(H,32,33)/t8-,9-,10-/m0/s1. The summed E-state index contributed by atoms with van der Waals surface area (Å²) in [6.07, 6.45) is 0. The van der Waals surface area contributed by atoms with Crippen LogP contribution in [-0.4, -0.2) is 114 Å². The Kier molecular flexibility index (Phi) is 15.8. The molecule has 198 valence electrons. The Morgan fingerprint density at radius 1 is 0.657 bits per heavy atom. The number of hydrogen-bond acceptors (Lipinski definition) is 11. The van der Waals surface area contributed by atoms with Gasteiger partial charge in [-0.2, -0.15) is 25.3 Å². The second kappa shape index (κ2) is 17.4. The zero-order chi connectivity index (χ0) is 27.0. The van der Waals surface area contributed by atoms with Crippen molar-refractivity contribution in [3.63, 3.8) is 0 Å². The van der Waals surface area contributed by atoms with Gasteiger partial charge in [0.05, 0.1) is 38.8 Å². The molecule has 0 spiro atoms. The van der Waals surface area contributed by atoms with Gasteiger partial charge in [-0.25, -0.2) is 4.79 Å². The molecule has 0 aliphatic carbocycles. The number of amides is 6. The van der Waals surface area contributed by atoms with Gasteiger partial charge < -0.3 is 47.8 Å². The van der Waals surface area contributed by atoms with Crippen molar-refractivity contribution in [2.75, 3.05) is 44.3 Å². The normalized spacial score (nSPS) is 12.8. The maximum atomic E-state index is 11.9. The van der Waals surface area contributed by atoms with E-state index >= 15 is 0 Å². The minimum absolute atomic E-state index is 0.0839. The quantitative estimate of drug-likeness (QED) is 0.0827. The lowest BCUT2D eigenvalue weighted by molar-refractivity contribution is -0.141. The van der Waals surface area contributed by atoms with E-state index in [2.05, 4.69) is 57.2 Å². The minimum Gasteiger partial charge on any atom is -0.480 e. The van der Waals surface area contributed by atoms with Crippen LogP contribution in [0.25, 0.3) is 0 Å². The molecule has 10 N–H and O–H groups in total. The summed E-state index contributed by atoms with van der Waals surface area (Å²) in [5.41, 5.74) is 5.41. The minimum atomic E-state index is -1.47.